The average molecular weight is 245 g/mol. The first kappa shape index (κ1) is 12.1. The first-order valence-corrected chi connectivity index (χ1v) is 5.58. The lowest BCUT2D eigenvalue weighted by Crippen LogP contribution is -1.99. The Morgan fingerprint density at radius 1 is 1.11 bits per heavy atom. The molecule has 18 heavy (non-hydrogen) atoms. The fraction of sp³-hybridized carbons (Fsp3) is 0.143. The van der Waals surface area contributed by atoms with Crippen molar-refractivity contribution >= 4 is 5.69 Å². The summed E-state index contributed by atoms with van der Waals surface area (Å²) < 4.78 is 5.12. The second-order valence-corrected chi connectivity index (χ2v) is 3.90. The molecule has 3 N–H and O–H groups in total. The minimum Gasteiger partial charge on any atom is -0.508 e. The third-order valence-corrected chi connectivity index (χ3v) is 2.62. The molecule has 0 atom stereocenters. The molecular formula is C14H15NO3. The maximum absolute atomic E-state index is 9.65. The molecule has 0 fully saturated rings. The molecule has 0 bridgehead atoms. The third-order valence-electron chi connectivity index (χ3n) is 2.62. The van der Waals surface area contributed by atoms with Crippen LogP contribution in [0.1, 0.15) is 5.56 Å². The van der Waals surface area contributed by atoms with Crippen LogP contribution in [-0.4, -0.2) is 17.3 Å². The molecule has 0 unspecified atom stereocenters. The summed E-state index contributed by atoms with van der Waals surface area (Å²) in [5, 5.41) is 22.0. The quantitative estimate of drug-likeness (QED) is 0.775. The van der Waals surface area contributed by atoms with Crippen LogP contribution in [0, 0.1) is 0 Å². The monoisotopic (exact) mass is 245 g/mol. The SMILES string of the molecule is COc1cccc(NCc2ccc(O)cc2O)c1. The first-order valence-electron chi connectivity index (χ1n) is 5.58. The normalized spacial score (nSPS) is 10.1. The van der Waals surface area contributed by atoms with Gasteiger partial charge in [-0.15, -0.1) is 0 Å². The lowest BCUT2D eigenvalue weighted by molar-refractivity contribution is 0.415. The van der Waals surface area contributed by atoms with E-state index in [1.54, 1.807) is 19.2 Å². The van der Waals surface area contributed by atoms with Crippen molar-refractivity contribution in [1.29, 1.82) is 0 Å². The number of hydrogen-bond acceptors (Lipinski definition) is 4. The second kappa shape index (κ2) is 5.31. The first-order chi connectivity index (χ1) is 8.69. The predicted molar refractivity (Wildman–Crippen MR) is 70.1 cm³/mol. The van der Waals surface area contributed by atoms with Crippen molar-refractivity contribution in [2.24, 2.45) is 0 Å². The highest BCUT2D eigenvalue weighted by molar-refractivity contribution is 5.49. The van der Waals surface area contributed by atoms with E-state index in [2.05, 4.69) is 5.32 Å². The van der Waals surface area contributed by atoms with Crippen molar-refractivity contribution < 1.29 is 14.9 Å². The molecule has 0 heterocycles. The topological polar surface area (TPSA) is 61.7 Å². The molecule has 0 aromatic heterocycles. The van der Waals surface area contributed by atoms with Gasteiger partial charge in [0, 0.05) is 29.9 Å². The molecule has 0 aliphatic heterocycles. The van der Waals surface area contributed by atoms with Crippen LogP contribution in [0.25, 0.3) is 0 Å². The van der Waals surface area contributed by atoms with Crippen LogP contribution < -0.4 is 10.1 Å². The fourth-order valence-corrected chi connectivity index (χ4v) is 1.63. The number of methoxy groups -OCH3 is 1. The van der Waals surface area contributed by atoms with Gasteiger partial charge in [0.2, 0.25) is 0 Å². The molecule has 0 amide bonds. The Hall–Kier alpha value is -2.36. The summed E-state index contributed by atoms with van der Waals surface area (Å²) >= 11 is 0. The molecule has 2 rings (SSSR count). The Labute approximate surface area is 105 Å². The third kappa shape index (κ3) is 2.85. The van der Waals surface area contributed by atoms with Gasteiger partial charge in [-0.25, -0.2) is 0 Å². The molecule has 0 saturated heterocycles. The van der Waals surface area contributed by atoms with Crippen LogP contribution in [0.15, 0.2) is 42.5 Å². The van der Waals surface area contributed by atoms with E-state index >= 15 is 0 Å². The summed E-state index contributed by atoms with van der Waals surface area (Å²) in [7, 11) is 1.62. The molecular weight excluding hydrogens is 230 g/mol. The average Bonchev–Trinajstić information content (AvgIpc) is 2.38. The van der Waals surface area contributed by atoms with Gasteiger partial charge in [-0.2, -0.15) is 0 Å². The molecule has 2 aromatic carbocycles. The Morgan fingerprint density at radius 2 is 1.94 bits per heavy atom. The number of phenols is 2. The van der Waals surface area contributed by atoms with E-state index in [-0.39, 0.29) is 11.5 Å². The van der Waals surface area contributed by atoms with Crippen molar-refractivity contribution in [2.45, 2.75) is 6.54 Å². The molecule has 0 aliphatic rings. The van der Waals surface area contributed by atoms with Gasteiger partial charge >= 0.3 is 0 Å². The minimum atomic E-state index is 0.0534. The molecule has 0 spiro atoms. The lowest BCUT2D eigenvalue weighted by atomic mass is 10.2. The highest BCUT2D eigenvalue weighted by Crippen LogP contribution is 2.24. The van der Waals surface area contributed by atoms with Gasteiger partial charge in [-0.3, -0.25) is 0 Å². The number of nitrogens with one attached hydrogen (secondary N) is 1. The van der Waals surface area contributed by atoms with Crippen molar-refractivity contribution in [1.82, 2.24) is 0 Å². The largest absolute Gasteiger partial charge is 0.508 e. The van der Waals surface area contributed by atoms with E-state index in [9.17, 15) is 10.2 Å². The van der Waals surface area contributed by atoms with E-state index in [4.69, 9.17) is 4.74 Å². The highest BCUT2D eigenvalue weighted by Gasteiger charge is 2.02. The van der Waals surface area contributed by atoms with E-state index in [1.165, 1.54) is 6.07 Å². The number of benzene rings is 2. The number of anilines is 1. The number of rotatable bonds is 4. The Kier molecular flexibility index (Phi) is 3.57. The summed E-state index contributed by atoms with van der Waals surface area (Å²) in [6.07, 6.45) is 0. The van der Waals surface area contributed by atoms with Gasteiger partial charge in [0.05, 0.1) is 7.11 Å². The summed E-state index contributed by atoms with van der Waals surface area (Å²) in [6.45, 7) is 0.472. The molecule has 4 nitrogen and oxygen atoms in total. The van der Waals surface area contributed by atoms with Gasteiger partial charge in [0.25, 0.3) is 0 Å². The van der Waals surface area contributed by atoms with Crippen molar-refractivity contribution in [2.75, 3.05) is 12.4 Å². The van der Waals surface area contributed by atoms with E-state index < -0.39 is 0 Å². The van der Waals surface area contributed by atoms with Crippen LogP contribution in [0.5, 0.6) is 17.2 Å². The molecule has 94 valence electrons. The smallest absolute Gasteiger partial charge is 0.124 e. The Balaban J connectivity index is 2.06. The summed E-state index contributed by atoms with van der Waals surface area (Å²) in [6, 6.07) is 12.1. The van der Waals surface area contributed by atoms with Crippen LogP contribution in [0.2, 0.25) is 0 Å². The Morgan fingerprint density at radius 3 is 2.67 bits per heavy atom. The van der Waals surface area contributed by atoms with Crippen molar-refractivity contribution in [3.8, 4) is 17.2 Å². The van der Waals surface area contributed by atoms with Crippen LogP contribution >= 0.6 is 0 Å². The molecule has 2 aromatic rings. The van der Waals surface area contributed by atoms with Gasteiger partial charge in [0.1, 0.15) is 17.2 Å². The van der Waals surface area contributed by atoms with E-state index in [1.807, 2.05) is 24.3 Å². The van der Waals surface area contributed by atoms with Crippen LogP contribution in [0.3, 0.4) is 0 Å². The highest BCUT2D eigenvalue weighted by atomic mass is 16.5. The second-order valence-electron chi connectivity index (χ2n) is 3.90. The maximum atomic E-state index is 9.65. The molecule has 4 heteroatoms. The lowest BCUT2D eigenvalue weighted by Gasteiger charge is -2.09. The zero-order valence-electron chi connectivity index (χ0n) is 10.1. The van der Waals surface area contributed by atoms with Gasteiger partial charge < -0.3 is 20.3 Å². The minimum absolute atomic E-state index is 0.0534. The number of ether oxygens (including phenoxy) is 1. The molecule has 0 saturated carbocycles. The number of aromatic hydroxyl groups is 2. The van der Waals surface area contributed by atoms with Crippen LogP contribution in [0.4, 0.5) is 5.69 Å². The summed E-state index contributed by atoms with van der Waals surface area (Å²) in [5.74, 6) is 0.901. The summed E-state index contributed by atoms with van der Waals surface area (Å²) in [4.78, 5) is 0. The number of phenolic OH excluding ortho intramolecular Hbond substituents is 2. The van der Waals surface area contributed by atoms with Gasteiger partial charge in [0.15, 0.2) is 0 Å². The van der Waals surface area contributed by atoms with Gasteiger partial charge in [-0.05, 0) is 24.3 Å². The standard InChI is InChI=1S/C14H15NO3/c1-18-13-4-2-3-11(7-13)15-9-10-5-6-12(16)8-14(10)17/h2-8,15-17H,9H2,1H3. The van der Waals surface area contributed by atoms with Crippen LogP contribution in [-0.2, 0) is 6.54 Å². The zero-order valence-corrected chi connectivity index (χ0v) is 10.1. The van der Waals surface area contributed by atoms with E-state index in [0.29, 0.717) is 6.54 Å². The van der Waals surface area contributed by atoms with Crippen molar-refractivity contribution in [3.63, 3.8) is 0 Å². The molecule has 0 radical (unpaired) electrons. The Bertz CT molecular complexity index is 540. The predicted octanol–water partition coefficient (Wildman–Crippen LogP) is 2.72. The fourth-order valence-electron chi connectivity index (χ4n) is 1.63. The summed E-state index contributed by atoms with van der Waals surface area (Å²) in [5.41, 5.74) is 1.62. The van der Waals surface area contributed by atoms with Gasteiger partial charge in [-0.1, -0.05) is 6.07 Å². The van der Waals surface area contributed by atoms with Crippen molar-refractivity contribution in [3.05, 3.63) is 48.0 Å². The maximum Gasteiger partial charge on any atom is 0.124 e. The zero-order chi connectivity index (χ0) is 13.0. The number of hydrogen-bond donors (Lipinski definition) is 3. The van der Waals surface area contributed by atoms with E-state index in [0.717, 1.165) is 17.0 Å². The molecule has 0 aliphatic carbocycles.